The minimum absolute atomic E-state index is 0.0788. The van der Waals surface area contributed by atoms with Crippen molar-refractivity contribution in [2.24, 2.45) is 0 Å². The predicted octanol–water partition coefficient (Wildman–Crippen LogP) is 4.97. The molecule has 0 unspecified atom stereocenters. The summed E-state index contributed by atoms with van der Waals surface area (Å²) in [6.07, 6.45) is 0. The van der Waals surface area contributed by atoms with Gasteiger partial charge in [0.2, 0.25) is 10.0 Å². The van der Waals surface area contributed by atoms with E-state index >= 15 is 0 Å². The van der Waals surface area contributed by atoms with Crippen molar-refractivity contribution < 1.29 is 18.1 Å². The summed E-state index contributed by atoms with van der Waals surface area (Å²) in [5.74, 6) is 1.07. The van der Waals surface area contributed by atoms with Crippen LogP contribution in [0.4, 0.5) is 5.69 Å². The molecule has 33 heavy (non-hydrogen) atoms. The minimum atomic E-state index is -4.12. The van der Waals surface area contributed by atoms with E-state index in [1.165, 1.54) is 24.3 Å². The van der Waals surface area contributed by atoms with Crippen LogP contribution in [-0.2, 0) is 15.6 Å². The summed E-state index contributed by atoms with van der Waals surface area (Å²) in [5, 5.41) is 11.0. The summed E-state index contributed by atoms with van der Waals surface area (Å²) in [6.45, 7) is 0. The SMILES string of the molecule is O=[N+]([O-])c1ccc(S(=O)(=O)NC2(c3ccccc3)c3ccccc3Oc3ccccc32)cc1. The Morgan fingerprint density at radius 1 is 0.727 bits per heavy atom. The molecule has 1 aliphatic heterocycles. The molecular formula is C25H18N2O5S. The largest absolute Gasteiger partial charge is 0.457 e. The summed E-state index contributed by atoms with van der Waals surface area (Å²) in [4.78, 5) is 10.4. The van der Waals surface area contributed by atoms with Crippen LogP contribution in [0.25, 0.3) is 0 Å². The number of nitrogens with one attached hydrogen (secondary N) is 1. The molecule has 4 aromatic carbocycles. The zero-order valence-corrected chi connectivity index (χ0v) is 18.0. The zero-order valence-electron chi connectivity index (χ0n) is 17.2. The highest BCUT2D eigenvalue weighted by Gasteiger charge is 2.46. The summed E-state index contributed by atoms with van der Waals surface area (Å²) in [5.41, 5.74) is 0.515. The van der Waals surface area contributed by atoms with Crippen LogP contribution in [0, 0.1) is 10.1 Å². The third kappa shape index (κ3) is 3.45. The lowest BCUT2D eigenvalue weighted by Crippen LogP contribution is -2.49. The summed E-state index contributed by atoms with van der Waals surface area (Å²) in [7, 11) is -4.12. The highest BCUT2D eigenvalue weighted by molar-refractivity contribution is 7.89. The fraction of sp³-hybridized carbons (Fsp3) is 0.0400. The Morgan fingerprint density at radius 2 is 1.24 bits per heavy atom. The highest BCUT2D eigenvalue weighted by Crippen LogP contribution is 2.50. The molecule has 0 saturated heterocycles. The average Bonchev–Trinajstić information content (AvgIpc) is 2.84. The monoisotopic (exact) mass is 458 g/mol. The Balaban J connectivity index is 1.76. The molecule has 1 heterocycles. The molecule has 8 heteroatoms. The first kappa shape index (κ1) is 20.9. The second-order valence-electron chi connectivity index (χ2n) is 7.57. The molecule has 1 aliphatic rings. The summed E-state index contributed by atoms with van der Waals surface area (Å²) >= 11 is 0. The molecular weight excluding hydrogens is 440 g/mol. The number of ether oxygens (including phenoxy) is 1. The number of nitro groups is 1. The maximum absolute atomic E-state index is 13.7. The first-order valence-corrected chi connectivity index (χ1v) is 11.6. The van der Waals surface area contributed by atoms with E-state index in [2.05, 4.69) is 4.72 Å². The summed E-state index contributed by atoms with van der Waals surface area (Å²) < 4.78 is 36.3. The van der Waals surface area contributed by atoms with Gasteiger partial charge in [-0.25, -0.2) is 8.42 Å². The van der Waals surface area contributed by atoms with Crippen LogP contribution in [0.1, 0.15) is 16.7 Å². The lowest BCUT2D eigenvalue weighted by molar-refractivity contribution is -0.384. The molecule has 164 valence electrons. The quantitative estimate of drug-likeness (QED) is 0.336. The normalized spacial score (nSPS) is 13.9. The van der Waals surface area contributed by atoms with Gasteiger partial charge in [0.25, 0.3) is 5.69 Å². The van der Waals surface area contributed by atoms with E-state index in [9.17, 15) is 18.5 Å². The molecule has 4 aromatic rings. The molecule has 5 rings (SSSR count). The molecule has 7 nitrogen and oxygen atoms in total. The van der Waals surface area contributed by atoms with E-state index in [0.717, 1.165) is 0 Å². The maximum Gasteiger partial charge on any atom is 0.269 e. The number of fused-ring (bicyclic) bond motifs is 2. The average molecular weight is 458 g/mol. The standard InChI is InChI=1S/C25H18N2O5S/c28-27(29)19-14-16-20(17-15-19)33(30,31)26-25(18-8-2-1-3-9-18)21-10-4-6-12-23(21)32-24-13-7-5-11-22(24)25/h1-17,26H. The van der Waals surface area contributed by atoms with Crippen LogP contribution in [-0.4, -0.2) is 13.3 Å². The number of rotatable bonds is 5. The van der Waals surface area contributed by atoms with Crippen molar-refractivity contribution in [3.8, 4) is 11.5 Å². The van der Waals surface area contributed by atoms with Gasteiger partial charge in [-0.1, -0.05) is 66.7 Å². The van der Waals surface area contributed by atoms with E-state index in [1.54, 1.807) is 12.1 Å². The minimum Gasteiger partial charge on any atom is -0.457 e. The third-order valence-electron chi connectivity index (χ3n) is 5.65. The second kappa shape index (κ2) is 7.84. The number of nitro benzene ring substituents is 1. The Labute approximate surface area is 190 Å². The Kier molecular flexibility index (Phi) is 4.96. The first-order chi connectivity index (χ1) is 15.9. The third-order valence-corrected chi connectivity index (χ3v) is 7.12. The molecule has 0 aliphatic carbocycles. The summed E-state index contributed by atoms with van der Waals surface area (Å²) in [6, 6.07) is 28.6. The molecule has 0 spiro atoms. The first-order valence-electron chi connectivity index (χ1n) is 10.1. The van der Waals surface area contributed by atoms with Gasteiger partial charge in [-0.05, 0) is 29.8 Å². The van der Waals surface area contributed by atoms with Crippen molar-refractivity contribution >= 4 is 15.7 Å². The van der Waals surface area contributed by atoms with Gasteiger partial charge >= 0.3 is 0 Å². The number of hydrogen-bond acceptors (Lipinski definition) is 5. The lowest BCUT2D eigenvalue weighted by Gasteiger charge is -2.41. The number of nitrogens with zero attached hydrogens (tertiary/aromatic N) is 1. The van der Waals surface area contributed by atoms with Crippen molar-refractivity contribution in [1.82, 2.24) is 4.72 Å². The fourth-order valence-electron chi connectivity index (χ4n) is 4.17. The van der Waals surface area contributed by atoms with Crippen LogP contribution in [0.3, 0.4) is 0 Å². The van der Waals surface area contributed by atoms with Crippen molar-refractivity contribution in [2.45, 2.75) is 10.4 Å². The highest BCUT2D eigenvalue weighted by atomic mass is 32.2. The Morgan fingerprint density at radius 3 is 1.79 bits per heavy atom. The molecule has 0 bridgehead atoms. The zero-order chi connectivity index (χ0) is 23.1. The van der Waals surface area contributed by atoms with Gasteiger partial charge in [0.15, 0.2) is 0 Å². The van der Waals surface area contributed by atoms with Crippen LogP contribution in [0.5, 0.6) is 11.5 Å². The Hall–Kier alpha value is -4.01. The van der Waals surface area contributed by atoms with Gasteiger partial charge in [0.05, 0.1) is 9.82 Å². The molecule has 1 N–H and O–H groups in total. The second-order valence-corrected chi connectivity index (χ2v) is 9.25. The maximum atomic E-state index is 13.7. The number of para-hydroxylation sites is 2. The van der Waals surface area contributed by atoms with E-state index in [-0.39, 0.29) is 10.6 Å². The fourth-order valence-corrected chi connectivity index (χ4v) is 5.52. The van der Waals surface area contributed by atoms with Crippen LogP contribution < -0.4 is 9.46 Å². The van der Waals surface area contributed by atoms with E-state index in [4.69, 9.17) is 4.74 Å². The van der Waals surface area contributed by atoms with Crippen molar-refractivity contribution in [2.75, 3.05) is 0 Å². The number of hydrogen-bond donors (Lipinski definition) is 1. The topological polar surface area (TPSA) is 98.5 Å². The van der Waals surface area contributed by atoms with Gasteiger partial charge in [0.1, 0.15) is 17.0 Å². The van der Waals surface area contributed by atoms with Crippen molar-refractivity contribution in [1.29, 1.82) is 0 Å². The van der Waals surface area contributed by atoms with Gasteiger partial charge in [0, 0.05) is 23.3 Å². The molecule has 0 aromatic heterocycles. The number of sulfonamides is 1. The molecule has 0 saturated carbocycles. The molecule has 0 amide bonds. The Bertz CT molecular complexity index is 1410. The molecule has 0 radical (unpaired) electrons. The van der Waals surface area contributed by atoms with E-state index in [1.807, 2.05) is 66.7 Å². The number of non-ortho nitro benzene ring substituents is 1. The van der Waals surface area contributed by atoms with Crippen molar-refractivity contribution in [3.05, 3.63) is 130 Å². The van der Waals surface area contributed by atoms with Gasteiger partial charge in [-0.2, -0.15) is 4.72 Å². The number of benzene rings is 4. The lowest BCUT2D eigenvalue weighted by atomic mass is 9.76. The van der Waals surface area contributed by atoms with Crippen molar-refractivity contribution in [3.63, 3.8) is 0 Å². The van der Waals surface area contributed by atoms with Gasteiger partial charge in [-0.15, -0.1) is 0 Å². The van der Waals surface area contributed by atoms with Gasteiger partial charge in [-0.3, -0.25) is 10.1 Å². The van der Waals surface area contributed by atoms with Gasteiger partial charge < -0.3 is 4.74 Å². The smallest absolute Gasteiger partial charge is 0.269 e. The van der Waals surface area contributed by atoms with E-state index < -0.39 is 20.5 Å². The predicted molar refractivity (Wildman–Crippen MR) is 123 cm³/mol. The van der Waals surface area contributed by atoms with E-state index in [0.29, 0.717) is 28.2 Å². The van der Waals surface area contributed by atoms with Crippen LogP contribution in [0.15, 0.2) is 108 Å². The van der Waals surface area contributed by atoms with Crippen LogP contribution in [0.2, 0.25) is 0 Å². The molecule has 0 fully saturated rings. The molecule has 0 atom stereocenters. The van der Waals surface area contributed by atoms with Crippen LogP contribution >= 0.6 is 0 Å².